The summed E-state index contributed by atoms with van der Waals surface area (Å²) in [7, 11) is 0. The average molecular weight is 361 g/mol. The van der Waals surface area contributed by atoms with Gasteiger partial charge >= 0.3 is 0 Å². The summed E-state index contributed by atoms with van der Waals surface area (Å²) < 4.78 is 0. The molecule has 136 valence electrons. The van der Waals surface area contributed by atoms with Gasteiger partial charge in [-0.2, -0.15) is 0 Å². The third-order valence-corrected chi connectivity index (χ3v) is 5.06. The summed E-state index contributed by atoms with van der Waals surface area (Å²) in [5, 5.41) is 0. The second kappa shape index (κ2) is 9.01. The highest BCUT2D eigenvalue weighted by Gasteiger charge is 2.13. The van der Waals surface area contributed by atoms with Crippen LogP contribution in [0.15, 0.2) is 121 Å². The van der Waals surface area contributed by atoms with E-state index in [1.54, 1.807) is 0 Å². The molecule has 0 saturated carbocycles. The van der Waals surface area contributed by atoms with Gasteiger partial charge in [-0.15, -0.1) is 0 Å². The van der Waals surface area contributed by atoms with Gasteiger partial charge in [0.1, 0.15) is 0 Å². The monoisotopic (exact) mass is 360 g/mol. The number of hydrogen-bond acceptors (Lipinski definition) is 0. The number of allylic oxidation sites excluding steroid dienone is 2. The lowest BCUT2D eigenvalue weighted by molar-refractivity contribution is 1.23. The van der Waals surface area contributed by atoms with Gasteiger partial charge in [-0.25, -0.2) is 0 Å². The van der Waals surface area contributed by atoms with Crippen LogP contribution in [0.4, 0.5) is 0 Å². The average Bonchev–Trinajstić information content (AvgIpc) is 2.79. The van der Waals surface area contributed by atoms with Crippen molar-refractivity contribution < 1.29 is 0 Å². The highest BCUT2D eigenvalue weighted by molar-refractivity contribution is 5.92. The van der Waals surface area contributed by atoms with Crippen LogP contribution >= 0.6 is 0 Å². The normalized spacial score (nSPS) is 11.7. The first-order chi connectivity index (χ1) is 13.9. The van der Waals surface area contributed by atoms with Crippen LogP contribution in [0.2, 0.25) is 0 Å². The molecule has 0 unspecified atom stereocenters. The molecule has 0 aromatic heterocycles. The maximum absolute atomic E-state index is 2.23. The van der Waals surface area contributed by atoms with E-state index >= 15 is 0 Å². The topological polar surface area (TPSA) is 0 Å². The van der Waals surface area contributed by atoms with Crippen LogP contribution < -0.4 is 0 Å². The molecule has 0 aliphatic carbocycles. The third kappa shape index (κ3) is 4.47. The fraction of sp³-hybridized carbons (Fsp3) is 0.0714. The standard InChI is InChI=1S/C28H24/c1-5-13-23(14-6-1)21-27(25-17-9-3-10-18-25)28(26-19-11-4-12-20-26)22-24-15-7-2-8-16-24/h1-20H,21-22H2/b28-27+. The summed E-state index contributed by atoms with van der Waals surface area (Å²) in [6, 6.07) is 43.1. The zero-order chi connectivity index (χ0) is 19.0. The molecule has 0 spiro atoms. The van der Waals surface area contributed by atoms with Gasteiger partial charge in [0.05, 0.1) is 0 Å². The van der Waals surface area contributed by atoms with E-state index in [1.807, 2.05) is 0 Å². The zero-order valence-electron chi connectivity index (χ0n) is 16.0. The second-order valence-electron chi connectivity index (χ2n) is 7.01. The number of rotatable bonds is 6. The first-order valence-corrected chi connectivity index (χ1v) is 9.81. The van der Waals surface area contributed by atoms with Crippen molar-refractivity contribution in [1.82, 2.24) is 0 Å². The molecule has 0 heteroatoms. The van der Waals surface area contributed by atoms with E-state index in [2.05, 4.69) is 121 Å². The fourth-order valence-corrected chi connectivity index (χ4v) is 3.64. The maximum Gasteiger partial charge on any atom is -0.00168 e. The minimum Gasteiger partial charge on any atom is -0.0622 e. The van der Waals surface area contributed by atoms with Gasteiger partial charge < -0.3 is 0 Å². The first kappa shape index (κ1) is 18.0. The van der Waals surface area contributed by atoms with Crippen LogP contribution in [-0.4, -0.2) is 0 Å². The fourth-order valence-electron chi connectivity index (χ4n) is 3.64. The Bertz CT molecular complexity index is 927. The summed E-state index contributed by atoms with van der Waals surface area (Å²) in [6.07, 6.45) is 1.84. The highest BCUT2D eigenvalue weighted by Crippen LogP contribution is 2.32. The van der Waals surface area contributed by atoms with Crippen LogP contribution in [0.5, 0.6) is 0 Å². The third-order valence-electron chi connectivity index (χ3n) is 5.06. The molecule has 4 aromatic rings. The molecule has 0 aliphatic heterocycles. The molecule has 28 heavy (non-hydrogen) atoms. The van der Waals surface area contributed by atoms with Crippen LogP contribution in [-0.2, 0) is 12.8 Å². The van der Waals surface area contributed by atoms with Crippen molar-refractivity contribution in [2.24, 2.45) is 0 Å². The highest BCUT2D eigenvalue weighted by atomic mass is 14.2. The van der Waals surface area contributed by atoms with Crippen molar-refractivity contribution in [3.05, 3.63) is 144 Å². The molecule has 0 N–H and O–H groups in total. The summed E-state index contributed by atoms with van der Waals surface area (Å²) in [5.74, 6) is 0. The minimum absolute atomic E-state index is 0.919. The Labute approximate surface area is 167 Å². The van der Waals surface area contributed by atoms with Crippen molar-refractivity contribution in [2.45, 2.75) is 12.8 Å². The van der Waals surface area contributed by atoms with Gasteiger partial charge in [-0.3, -0.25) is 0 Å². The van der Waals surface area contributed by atoms with E-state index in [-0.39, 0.29) is 0 Å². The van der Waals surface area contributed by atoms with Crippen LogP contribution in [0.25, 0.3) is 11.1 Å². The van der Waals surface area contributed by atoms with Crippen LogP contribution in [0, 0.1) is 0 Å². The SMILES string of the molecule is c1ccc(C/C(=C(/Cc2ccccc2)c2ccccc2)c2ccccc2)cc1. The van der Waals surface area contributed by atoms with Crippen molar-refractivity contribution >= 4 is 11.1 Å². The molecule has 0 nitrogen and oxygen atoms in total. The van der Waals surface area contributed by atoms with Crippen molar-refractivity contribution in [3.8, 4) is 0 Å². The van der Waals surface area contributed by atoms with E-state index < -0.39 is 0 Å². The Morgan fingerprint density at radius 3 is 0.964 bits per heavy atom. The Morgan fingerprint density at radius 2 is 0.643 bits per heavy atom. The quantitative estimate of drug-likeness (QED) is 0.322. The molecule has 0 fully saturated rings. The molecule has 4 aromatic carbocycles. The Hall–Kier alpha value is -3.38. The van der Waals surface area contributed by atoms with Crippen molar-refractivity contribution in [1.29, 1.82) is 0 Å². The van der Waals surface area contributed by atoms with Gasteiger partial charge in [0.15, 0.2) is 0 Å². The van der Waals surface area contributed by atoms with Crippen LogP contribution in [0.3, 0.4) is 0 Å². The molecule has 0 aliphatic rings. The molecule has 0 heterocycles. The van der Waals surface area contributed by atoms with E-state index in [0.717, 1.165) is 12.8 Å². The van der Waals surface area contributed by atoms with E-state index in [4.69, 9.17) is 0 Å². The van der Waals surface area contributed by atoms with Crippen molar-refractivity contribution in [3.63, 3.8) is 0 Å². The Kier molecular flexibility index (Phi) is 5.80. The minimum atomic E-state index is 0.919. The lowest BCUT2D eigenvalue weighted by Crippen LogP contribution is -2.00. The first-order valence-electron chi connectivity index (χ1n) is 9.81. The lowest BCUT2D eigenvalue weighted by atomic mass is 9.87. The molecular formula is C28H24. The van der Waals surface area contributed by atoms with Gasteiger partial charge in [0.2, 0.25) is 0 Å². The molecule has 0 bridgehead atoms. The molecule has 0 saturated heterocycles. The van der Waals surface area contributed by atoms with Gasteiger partial charge in [-0.1, -0.05) is 121 Å². The van der Waals surface area contributed by atoms with Gasteiger partial charge in [-0.05, 0) is 46.2 Å². The Morgan fingerprint density at radius 1 is 0.357 bits per heavy atom. The van der Waals surface area contributed by atoms with Crippen LogP contribution in [0.1, 0.15) is 22.3 Å². The summed E-state index contributed by atoms with van der Waals surface area (Å²) >= 11 is 0. The zero-order valence-corrected chi connectivity index (χ0v) is 16.0. The van der Waals surface area contributed by atoms with E-state index in [9.17, 15) is 0 Å². The largest absolute Gasteiger partial charge is 0.0622 e. The number of benzene rings is 4. The molecule has 0 amide bonds. The Balaban J connectivity index is 1.88. The summed E-state index contributed by atoms with van der Waals surface area (Å²) in [6.45, 7) is 0. The second-order valence-corrected chi connectivity index (χ2v) is 7.01. The summed E-state index contributed by atoms with van der Waals surface area (Å²) in [5.41, 5.74) is 8.04. The maximum atomic E-state index is 2.23. The molecule has 4 rings (SSSR count). The molecular weight excluding hydrogens is 336 g/mol. The smallest absolute Gasteiger partial charge is 0.00168 e. The summed E-state index contributed by atoms with van der Waals surface area (Å²) in [4.78, 5) is 0. The van der Waals surface area contributed by atoms with E-state index in [0.29, 0.717) is 0 Å². The van der Waals surface area contributed by atoms with E-state index in [1.165, 1.54) is 33.4 Å². The number of hydrogen-bond donors (Lipinski definition) is 0. The van der Waals surface area contributed by atoms with Crippen molar-refractivity contribution in [2.75, 3.05) is 0 Å². The lowest BCUT2D eigenvalue weighted by Gasteiger charge is -2.18. The predicted molar refractivity (Wildman–Crippen MR) is 120 cm³/mol. The van der Waals surface area contributed by atoms with Gasteiger partial charge in [0.25, 0.3) is 0 Å². The molecule has 0 atom stereocenters. The van der Waals surface area contributed by atoms with Gasteiger partial charge in [0, 0.05) is 0 Å². The predicted octanol–water partition coefficient (Wildman–Crippen LogP) is 7.08. The molecule has 0 radical (unpaired) electrons.